The molecule has 0 aliphatic rings. The molecule has 0 saturated carbocycles. The molecule has 2 aromatic rings. The largest absolute Gasteiger partial charge is 0.369 e. The number of halogens is 1. The first-order valence-corrected chi connectivity index (χ1v) is 7.16. The topological polar surface area (TPSA) is 53.1 Å². The number of hydrogen-bond acceptors (Lipinski definition) is 5. The second kappa shape index (κ2) is 7.21. The third-order valence-electron chi connectivity index (χ3n) is 2.63. The molecule has 20 heavy (non-hydrogen) atoms. The third-order valence-corrected chi connectivity index (χ3v) is 3.12. The van der Waals surface area contributed by atoms with Gasteiger partial charge in [-0.05, 0) is 32.3 Å². The van der Waals surface area contributed by atoms with E-state index in [4.69, 9.17) is 0 Å². The summed E-state index contributed by atoms with van der Waals surface area (Å²) in [5.74, 6) is 1.59. The molecular weight excluding hydrogens is 318 g/mol. The average molecular weight is 336 g/mol. The fourth-order valence-electron chi connectivity index (χ4n) is 1.64. The second-order valence-corrected chi connectivity index (χ2v) is 5.57. The number of nitrogens with zero attached hydrogens (tertiary/aromatic N) is 3. The van der Waals surface area contributed by atoms with E-state index in [1.54, 1.807) is 6.33 Å². The molecule has 0 aliphatic carbocycles. The normalized spacial score (nSPS) is 10.6. The summed E-state index contributed by atoms with van der Waals surface area (Å²) in [5.41, 5.74) is 0.984. The van der Waals surface area contributed by atoms with Gasteiger partial charge in [0, 0.05) is 29.3 Å². The van der Waals surface area contributed by atoms with Gasteiger partial charge in [0.2, 0.25) is 0 Å². The Morgan fingerprint density at radius 1 is 1.15 bits per heavy atom. The van der Waals surface area contributed by atoms with Crippen LogP contribution >= 0.6 is 15.9 Å². The summed E-state index contributed by atoms with van der Waals surface area (Å²) in [4.78, 5) is 10.5. The van der Waals surface area contributed by atoms with Crippen molar-refractivity contribution in [3.8, 4) is 0 Å². The fourth-order valence-corrected chi connectivity index (χ4v) is 2.04. The van der Waals surface area contributed by atoms with Crippen molar-refractivity contribution in [3.05, 3.63) is 41.1 Å². The van der Waals surface area contributed by atoms with Crippen LogP contribution < -0.4 is 10.6 Å². The van der Waals surface area contributed by atoms with E-state index in [9.17, 15) is 0 Å². The zero-order chi connectivity index (χ0) is 14.4. The molecule has 6 heteroatoms. The zero-order valence-electron chi connectivity index (χ0n) is 11.6. The lowest BCUT2D eigenvalue weighted by molar-refractivity contribution is 0.425. The highest BCUT2D eigenvalue weighted by Gasteiger charge is 2.00. The summed E-state index contributed by atoms with van der Waals surface area (Å²) in [6, 6.07) is 9.85. The molecule has 1 aromatic carbocycles. The standard InChI is InChI=1S/C14H18BrN5/c1-20(2)7-6-16-13-9-14(18-10-17-13)19-12-5-3-4-11(15)8-12/h3-5,8-10H,6-7H2,1-2H3,(H2,16,17,18,19). The lowest BCUT2D eigenvalue weighted by Crippen LogP contribution is -2.21. The molecular formula is C14H18BrN5. The van der Waals surface area contributed by atoms with Gasteiger partial charge in [-0.3, -0.25) is 0 Å². The Hall–Kier alpha value is -1.66. The maximum absolute atomic E-state index is 4.22. The van der Waals surface area contributed by atoms with Gasteiger partial charge in [-0.15, -0.1) is 0 Å². The van der Waals surface area contributed by atoms with E-state index in [-0.39, 0.29) is 0 Å². The Bertz CT molecular complexity index is 559. The van der Waals surface area contributed by atoms with E-state index in [2.05, 4.69) is 41.4 Å². The van der Waals surface area contributed by atoms with Gasteiger partial charge in [-0.25, -0.2) is 9.97 Å². The lowest BCUT2D eigenvalue weighted by atomic mass is 10.3. The van der Waals surface area contributed by atoms with Crippen LogP contribution in [0.25, 0.3) is 0 Å². The molecule has 0 saturated heterocycles. The van der Waals surface area contributed by atoms with Crippen LogP contribution in [-0.4, -0.2) is 42.1 Å². The van der Waals surface area contributed by atoms with Crippen LogP contribution in [0, 0.1) is 0 Å². The Morgan fingerprint density at radius 2 is 1.95 bits per heavy atom. The summed E-state index contributed by atoms with van der Waals surface area (Å²) in [5, 5.41) is 6.52. The van der Waals surface area contributed by atoms with E-state index in [1.165, 1.54) is 0 Å². The van der Waals surface area contributed by atoms with Gasteiger partial charge in [0.25, 0.3) is 0 Å². The first kappa shape index (κ1) is 14.7. The number of benzene rings is 1. The summed E-state index contributed by atoms with van der Waals surface area (Å²) < 4.78 is 1.03. The van der Waals surface area contributed by atoms with Gasteiger partial charge in [0.1, 0.15) is 18.0 Å². The summed E-state index contributed by atoms with van der Waals surface area (Å²) in [6.45, 7) is 1.80. The Kier molecular flexibility index (Phi) is 5.31. The molecule has 1 heterocycles. The van der Waals surface area contributed by atoms with Crippen LogP contribution in [-0.2, 0) is 0 Å². The van der Waals surface area contributed by atoms with Crippen molar-refractivity contribution in [2.45, 2.75) is 0 Å². The summed E-state index contributed by atoms with van der Waals surface area (Å²) in [6.07, 6.45) is 1.55. The number of hydrogen-bond donors (Lipinski definition) is 2. The van der Waals surface area contributed by atoms with Gasteiger partial charge >= 0.3 is 0 Å². The van der Waals surface area contributed by atoms with Gasteiger partial charge in [0.15, 0.2) is 0 Å². The van der Waals surface area contributed by atoms with Crippen molar-refractivity contribution in [2.75, 3.05) is 37.8 Å². The average Bonchev–Trinajstić information content (AvgIpc) is 2.39. The maximum Gasteiger partial charge on any atom is 0.135 e. The van der Waals surface area contributed by atoms with Crippen molar-refractivity contribution >= 4 is 33.3 Å². The van der Waals surface area contributed by atoms with E-state index < -0.39 is 0 Å². The zero-order valence-corrected chi connectivity index (χ0v) is 13.2. The van der Waals surface area contributed by atoms with Crippen LogP contribution in [0.2, 0.25) is 0 Å². The fraction of sp³-hybridized carbons (Fsp3) is 0.286. The summed E-state index contributed by atoms with van der Waals surface area (Å²) >= 11 is 3.45. The molecule has 0 unspecified atom stereocenters. The Morgan fingerprint density at radius 3 is 2.70 bits per heavy atom. The number of rotatable bonds is 6. The molecule has 0 spiro atoms. The first-order chi connectivity index (χ1) is 9.63. The molecule has 0 bridgehead atoms. The lowest BCUT2D eigenvalue weighted by Gasteiger charge is -2.11. The van der Waals surface area contributed by atoms with E-state index >= 15 is 0 Å². The smallest absolute Gasteiger partial charge is 0.135 e. The monoisotopic (exact) mass is 335 g/mol. The maximum atomic E-state index is 4.22. The highest BCUT2D eigenvalue weighted by atomic mass is 79.9. The molecule has 1 aromatic heterocycles. The molecule has 0 radical (unpaired) electrons. The molecule has 106 valence electrons. The predicted octanol–water partition coefficient (Wildman–Crippen LogP) is 2.96. The summed E-state index contributed by atoms with van der Waals surface area (Å²) in [7, 11) is 4.09. The minimum absolute atomic E-state index is 0.769. The van der Waals surface area contributed by atoms with Crippen molar-refractivity contribution in [2.24, 2.45) is 0 Å². The van der Waals surface area contributed by atoms with Gasteiger partial charge < -0.3 is 15.5 Å². The molecule has 0 aliphatic heterocycles. The number of likely N-dealkylation sites (N-methyl/N-ethyl adjacent to an activating group) is 1. The third kappa shape index (κ3) is 4.79. The van der Waals surface area contributed by atoms with Crippen molar-refractivity contribution < 1.29 is 0 Å². The second-order valence-electron chi connectivity index (χ2n) is 4.65. The first-order valence-electron chi connectivity index (χ1n) is 6.37. The minimum atomic E-state index is 0.769. The molecule has 0 atom stereocenters. The van der Waals surface area contributed by atoms with Crippen LogP contribution in [0.3, 0.4) is 0 Å². The number of aromatic nitrogens is 2. The highest BCUT2D eigenvalue weighted by molar-refractivity contribution is 9.10. The molecule has 0 fully saturated rings. The minimum Gasteiger partial charge on any atom is -0.369 e. The van der Waals surface area contributed by atoms with Crippen LogP contribution in [0.15, 0.2) is 41.1 Å². The quantitative estimate of drug-likeness (QED) is 0.849. The van der Waals surface area contributed by atoms with Gasteiger partial charge in [-0.2, -0.15) is 0 Å². The van der Waals surface area contributed by atoms with Gasteiger partial charge in [0.05, 0.1) is 0 Å². The van der Waals surface area contributed by atoms with Crippen LogP contribution in [0.1, 0.15) is 0 Å². The SMILES string of the molecule is CN(C)CCNc1cc(Nc2cccc(Br)c2)ncn1. The predicted molar refractivity (Wildman–Crippen MR) is 86.5 cm³/mol. The van der Waals surface area contributed by atoms with Gasteiger partial charge in [-0.1, -0.05) is 22.0 Å². The Balaban J connectivity index is 1.99. The molecule has 0 amide bonds. The van der Waals surface area contributed by atoms with E-state index in [0.29, 0.717) is 0 Å². The molecule has 2 rings (SSSR count). The molecule has 5 nitrogen and oxygen atoms in total. The van der Waals surface area contributed by atoms with Crippen molar-refractivity contribution in [3.63, 3.8) is 0 Å². The van der Waals surface area contributed by atoms with Crippen molar-refractivity contribution in [1.29, 1.82) is 0 Å². The number of anilines is 3. The number of nitrogens with one attached hydrogen (secondary N) is 2. The van der Waals surface area contributed by atoms with Crippen LogP contribution in [0.5, 0.6) is 0 Å². The van der Waals surface area contributed by atoms with E-state index in [1.807, 2.05) is 44.4 Å². The van der Waals surface area contributed by atoms with Crippen LogP contribution in [0.4, 0.5) is 17.3 Å². The Labute approximate surface area is 127 Å². The van der Waals surface area contributed by atoms with E-state index in [0.717, 1.165) is 34.9 Å². The van der Waals surface area contributed by atoms with Crippen molar-refractivity contribution in [1.82, 2.24) is 14.9 Å². The highest BCUT2D eigenvalue weighted by Crippen LogP contribution is 2.20. The molecule has 2 N–H and O–H groups in total.